The number of halogens is 1. The van der Waals surface area contributed by atoms with Crippen LogP contribution in [-0.4, -0.2) is 5.91 Å². The molecule has 1 heterocycles. The van der Waals surface area contributed by atoms with Crippen LogP contribution in [0.25, 0.3) is 11.8 Å². The molecule has 3 aromatic rings. The van der Waals surface area contributed by atoms with Crippen LogP contribution < -0.4 is 4.90 Å². The number of rotatable bonds is 2. The van der Waals surface area contributed by atoms with Gasteiger partial charge in [-0.05, 0) is 48.9 Å². The summed E-state index contributed by atoms with van der Waals surface area (Å²) in [6.45, 7) is 2.04. The molecule has 0 bridgehead atoms. The third-order valence-electron chi connectivity index (χ3n) is 4.34. The van der Waals surface area contributed by atoms with Crippen LogP contribution in [0.15, 0.2) is 72.8 Å². The number of fused-ring (bicyclic) bond motifs is 1. The molecule has 0 radical (unpaired) electrons. The number of amides is 1. The molecule has 3 aromatic carbocycles. The topological polar surface area (TPSA) is 20.3 Å². The zero-order chi connectivity index (χ0) is 17.4. The molecule has 0 unspecified atom stereocenters. The van der Waals surface area contributed by atoms with E-state index in [9.17, 15) is 4.79 Å². The van der Waals surface area contributed by atoms with Crippen molar-refractivity contribution >= 4 is 35.0 Å². The van der Waals surface area contributed by atoms with Gasteiger partial charge in [0.25, 0.3) is 5.91 Å². The van der Waals surface area contributed by atoms with Crippen LogP contribution in [0.2, 0.25) is 5.02 Å². The second-order valence-electron chi connectivity index (χ2n) is 6.10. The molecule has 122 valence electrons. The van der Waals surface area contributed by atoms with Crippen molar-refractivity contribution in [3.8, 4) is 0 Å². The number of anilines is 1. The molecule has 3 heteroatoms. The molecule has 2 nitrogen and oxygen atoms in total. The Bertz CT molecular complexity index is 972. The largest absolute Gasteiger partial charge is 0.276 e. The predicted octanol–water partition coefficient (Wildman–Crippen LogP) is 5.81. The molecule has 0 N–H and O–H groups in total. The van der Waals surface area contributed by atoms with Gasteiger partial charge in [-0.3, -0.25) is 9.69 Å². The molecule has 0 saturated heterocycles. The fourth-order valence-electron chi connectivity index (χ4n) is 3.05. The molecular weight excluding hydrogens is 330 g/mol. The molecule has 0 atom stereocenters. The first-order chi connectivity index (χ1) is 12.1. The van der Waals surface area contributed by atoms with Crippen molar-refractivity contribution in [1.82, 2.24) is 0 Å². The Hall–Kier alpha value is -2.84. The van der Waals surface area contributed by atoms with Gasteiger partial charge in [0.05, 0.1) is 5.70 Å². The summed E-state index contributed by atoms with van der Waals surface area (Å²) in [7, 11) is 0. The first kappa shape index (κ1) is 15.7. The quantitative estimate of drug-likeness (QED) is 0.574. The third kappa shape index (κ3) is 2.86. The summed E-state index contributed by atoms with van der Waals surface area (Å²) in [6.07, 6.45) is 2.03. The fourth-order valence-corrected chi connectivity index (χ4v) is 3.18. The lowest BCUT2D eigenvalue weighted by Crippen LogP contribution is -2.22. The van der Waals surface area contributed by atoms with Crippen molar-refractivity contribution < 1.29 is 4.79 Å². The molecule has 1 aliphatic rings. The summed E-state index contributed by atoms with van der Waals surface area (Å²) >= 11 is 5.99. The highest BCUT2D eigenvalue weighted by atomic mass is 35.5. The van der Waals surface area contributed by atoms with Gasteiger partial charge in [-0.1, -0.05) is 59.6 Å². The van der Waals surface area contributed by atoms with Crippen LogP contribution >= 0.6 is 11.6 Å². The van der Waals surface area contributed by atoms with E-state index in [4.69, 9.17) is 11.6 Å². The first-order valence-electron chi connectivity index (χ1n) is 8.11. The zero-order valence-electron chi connectivity index (χ0n) is 13.7. The number of nitrogens with zero attached hydrogens (tertiary/aromatic N) is 1. The monoisotopic (exact) mass is 345 g/mol. The molecule has 0 aliphatic carbocycles. The lowest BCUT2D eigenvalue weighted by Gasteiger charge is -2.19. The predicted molar refractivity (Wildman–Crippen MR) is 104 cm³/mol. The molecule has 1 aliphatic heterocycles. The molecule has 4 rings (SSSR count). The molecular formula is C22H16ClNO. The summed E-state index contributed by atoms with van der Waals surface area (Å²) in [5, 5.41) is 0.695. The van der Waals surface area contributed by atoms with Crippen LogP contribution in [0.4, 0.5) is 5.69 Å². The maximum Gasteiger partial charge on any atom is 0.263 e. The zero-order valence-corrected chi connectivity index (χ0v) is 14.5. The van der Waals surface area contributed by atoms with E-state index in [1.807, 2.05) is 85.8 Å². The SMILES string of the molecule is Cc1ccc(N2C(=O)c3ccccc3/C2=C\c2ccc(Cl)cc2)cc1. The van der Waals surface area contributed by atoms with Gasteiger partial charge in [0.1, 0.15) is 0 Å². The molecule has 1 amide bonds. The van der Waals surface area contributed by atoms with Crippen molar-refractivity contribution in [2.45, 2.75) is 6.92 Å². The van der Waals surface area contributed by atoms with Crippen LogP contribution in [0.5, 0.6) is 0 Å². The Kier molecular flexibility index (Phi) is 3.90. The Morgan fingerprint density at radius 1 is 0.840 bits per heavy atom. The van der Waals surface area contributed by atoms with E-state index in [1.54, 1.807) is 4.90 Å². The number of carbonyl (C=O) groups excluding carboxylic acids is 1. The average molecular weight is 346 g/mol. The maximum atomic E-state index is 13.0. The molecule has 0 spiro atoms. The molecule has 0 fully saturated rings. The Labute approximate surface area is 152 Å². The van der Waals surface area contributed by atoms with Crippen molar-refractivity contribution in [1.29, 1.82) is 0 Å². The van der Waals surface area contributed by atoms with Crippen LogP contribution in [0.3, 0.4) is 0 Å². The molecule has 0 aromatic heterocycles. The van der Waals surface area contributed by atoms with E-state index in [0.717, 1.165) is 33.6 Å². The van der Waals surface area contributed by atoms with Gasteiger partial charge in [0, 0.05) is 21.8 Å². The smallest absolute Gasteiger partial charge is 0.263 e. The van der Waals surface area contributed by atoms with Gasteiger partial charge >= 0.3 is 0 Å². The van der Waals surface area contributed by atoms with Crippen LogP contribution in [0.1, 0.15) is 27.0 Å². The third-order valence-corrected chi connectivity index (χ3v) is 4.59. The Morgan fingerprint density at radius 2 is 1.48 bits per heavy atom. The Morgan fingerprint density at radius 3 is 2.16 bits per heavy atom. The van der Waals surface area contributed by atoms with Gasteiger partial charge in [0.2, 0.25) is 0 Å². The summed E-state index contributed by atoms with van der Waals surface area (Å²) in [5.74, 6) is -0.000309. The summed E-state index contributed by atoms with van der Waals surface area (Å²) < 4.78 is 0. The minimum absolute atomic E-state index is 0.000309. The van der Waals surface area contributed by atoms with E-state index in [0.29, 0.717) is 5.02 Å². The van der Waals surface area contributed by atoms with Gasteiger partial charge in [-0.2, -0.15) is 0 Å². The fraction of sp³-hybridized carbons (Fsp3) is 0.0455. The van der Waals surface area contributed by atoms with Crippen LogP contribution in [-0.2, 0) is 0 Å². The number of benzene rings is 3. The minimum atomic E-state index is -0.000309. The van der Waals surface area contributed by atoms with Gasteiger partial charge in [-0.15, -0.1) is 0 Å². The average Bonchev–Trinajstić information content (AvgIpc) is 2.90. The second-order valence-corrected chi connectivity index (χ2v) is 6.54. The maximum absolute atomic E-state index is 13.0. The normalized spacial score (nSPS) is 14.9. The summed E-state index contributed by atoms with van der Waals surface area (Å²) in [4.78, 5) is 14.8. The highest BCUT2D eigenvalue weighted by Crippen LogP contribution is 2.38. The van der Waals surface area contributed by atoms with Crippen molar-refractivity contribution in [2.75, 3.05) is 4.90 Å². The molecule has 25 heavy (non-hydrogen) atoms. The Balaban J connectivity index is 1.88. The lowest BCUT2D eigenvalue weighted by atomic mass is 10.1. The highest BCUT2D eigenvalue weighted by Gasteiger charge is 2.32. The van der Waals surface area contributed by atoms with Gasteiger partial charge in [0.15, 0.2) is 0 Å². The second kappa shape index (κ2) is 6.23. The number of carbonyl (C=O) groups is 1. The summed E-state index contributed by atoms with van der Waals surface area (Å²) in [6, 6.07) is 23.3. The minimum Gasteiger partial charge on any atom is -0.276 e. The number of aryl methyl sites for hydroxylation is 1. The van der Waals surface area contributed by atoms with E-state index in [2.05, 4.69) is 0 Å². The number of hydrogen-bond acceptors (Lipinski definition) is 1. The van der Waals surface area contributed by atoms with Crippen molar-refractivity contribution in [3.05, 3.63) is 100 Å². The standard InChI is InChI=1S/C22H16ClNO/c1-15-6-12-18(13-7-15)24-21(14-16-8-10-17(23)11-9-16)19-4-2-3-5-20(19)22(24)25/h2-14H,1H3/b21-14+. The number of hydrogen-bond donors (Lipinski definition) is 0. The lowest BCUT2D eigenvalue weighted by molar-refractivity contribution is 0.101. The van der Waals surface area contributed by atoms with Crippen molar-refractivity contribution in [2.24, 2.45) is 0 Å². The van der Waals surface area contributed by atoms with E-state index >= 15 is 0 Å². The van der Waals surface area contributed by atoms with Gasteiger partial charge in [-0.25, -0.2) is 0 Å². The molecule has 0 saturated carbocycles. The van der Waals surface area contributed by atoms with E-state index in [1.165, 1.54) is 0 Å². The summed E-state index contributed by atoms with van der Waals surface area (Å²) in [5.41, 5.74) is 5.59. The van der Waals surface area contributed by atoms with Gasteiger partial charge < -0.3 is 0 Å². The van der Waals surface area contributed by atoms with E-state index < -0.39 is 0 Å². The highest BCUT2D eigenvalue weighted by molar-refractivity contribution is 6.30. The van der Waals surface area contributed by atoms with E-state index in [-0.39, 0.29) is 5.91 Å². The van der Waals surface area contributed by atoms with Crippen LogP contribution in [0, 0.1) is 6.92 Å². The van der Waals surface area contributed by atoms with Crippen molar-refractivity contribution in [3.63, 3.8) is 0 Å². The first-order valence-corrected chi connectivity index (χ1v) is 8.49.